The fraction of sp³-hybridized carbons (Fsp3) is 0.357. The van der Waals surface area contributed by atoms with E-state index in [4.69, 9.17) is 10.2 Å². The van der Waals surface area contributed by atoms with E-state index in [0.717, 1.165) is 19.3 Å². The van der Waals surface area contributed by atoms with Crippen LogP contribution in [0.5, 0.6) is 11.5 Å². The molecule has 0 atom stereocenters. The Hall–Kier alpha value is -1.81. The van der Waals surface area contributed by atoms with Crippen LogP contribution in [0.25, 0.3) is 6.08 Å². The molecule has 0 fully saturated rings. The van der Waals surface area contributed by atoms with Crippen LogP contribution in [-0.4, -0.2) is 27.7 Å². The second kappa shape index (κ2) is 7.50. The lowest BCUT2D eigenvalue weighted by atomic mass is 10.1. The molecule has 0 heterocycles. The molecule has 18 heavy (non-hydrogen) atoms. The van der Waals surface area contributed by atoms with Crippen molar-refractivity contribution < 1.29 is 20.1 Å². The van der Waals surface area contributed by atoms with Gasteiger partial charge in [-0.1, -0.05) is 18.6 Å². The second-order valence-corrected chi connectivity index (χ2v) is 4.08. The molecule has 4 heteroatoms. The van der Waals surface area contributed by atoms with Gasteiger partial charge < -0.3 is 15.3 Å². The van der Waals surface area contributed by atoms with Crippen LogP contribution >= 0.6 is 0 Å². The molecule has 0 aliphatic heterocycles. The molecule has 0 aliphatic carbocycles. The number of aliphatic hydroxyl groups is 1. The minimum atomic E-state index is -0.201. The monoisotopic (exact) mass is 250 g/mol. The number of benzene rings is 1. The highest BCUT2D eigenvalue weighted by atomic mass is 16.3. The van der Waals surface area contributed by atoms with Crippen molar-refractivity contribution in [3.8, 4) is 11.5 Å². The summed E-state index contributed by atoms with van der Waals surface area (Å²) in [6, 6.07) is 4.39. The van der Waals surface area contributed by atoms with Crippen LogP contribution in [0.15, 0.2) is 24.3 Å². The maximum atomic E-state index is 11.5. The average Bonchev–Trinajstić information content (AvgIpc) is 2.36. The molecule has 0 saturated carbocycles. The van der Waals surface area contributed by atoms with Gasteiger partial charge in [0.2, 0.25) is 0 Å². The number of carbonyl (C=O) groups is 1. The lowest BCUT2D eigenvalue weighted by molar-refractivity contribution is -0.114. The summed E-state index contributed by atoms with van der Waals surface area (Å²) in [4.78, 5) is 11.5. The zero-order valence-corrected chi connectivity index (χ0v) is 10.2. The third kappa shape index (κ3) is 5.01. The standard InChI is InChI=1S/C14H18O4/c15-9-3-1-2-4-12(16)7-5-11-6-8-13(17)14(18)10-11/h5-8,10,15,17-18H,1-4,9H2. The van der Waals surface area contributed by atoms with Crippen molar-refractivity contribution in [1.82, 2.24) is 0 Å². The van der Waals surface area contributed by atoms with Crippen molar-refractivity contribution in [3.05, 3.63) is 29.8 Å². The van der Waals surface area contributed by atoms with Gasteiger partial charge in [-0.2, -0.15) is 0 Å². The summed E-state index contributed by atoms with van der Waals surface area (Å²) >= 11 is 0. The number of ketones is 1. The van der Waals surface area contributed by atoms with E-state index in [0.29, 0.717) is 12.0 Å². The van der Waals surface area contributed by atoms with Crippen molar-refractivity contribution in [2.24, 2.45) is 0 Å². The van der Waals surface area contributed by atoms with Crippen LogP contribution in [0.1, 0.15) is 31.2 Å². The Kier molecular flexibility index (Phi) is 5.94. The predicted molar refractivity (Wildman–Crippen MR) is 69.4 cm³/mol. The molecule has 1 aromatic rings. The molecule has 0 amide bonds. The van der Waals surface area contributed by atoms with E-state index in [-0.39, 0.29) is 23.9 Å². The molecule has 0 spiro atoms. The number of aromatic hydroxyl groups is 2. The first-order valence-corrected chi connectivity index (χ1v) is 5.97. The van der Waals surface area contributed by atoms with Crippen LogP contribution in [0.4, 0.5) is 0 Å². The van der Waals surface area contributed by atoms with Gasteiger partial charge in [0.25, 0.3) is 0 Å². The highest BCUT2D eigenvalue weighted by Gasteiger charge is 2.00. The Morgan fingerprint density at radius 1 is 1.11 bits per heavy atom. The van der Waals surface area contributed by atoms with Gasteiger partial charge in [0.05, 0.1) is 0 Å². The summed E-state index contributed by atoms with van der Waals surface area (Å²) in [5, 5.41) is 27.0. The van der Waals surface area contributed by atoms with Gasteiger partial charge in [-0.25, -0.2) is 0 Å². The molecule has 0 bridgehead atoms. The number of phenolic OH excluding ortho intramolecular Hbond substituents is 2. The summed E-state index contributed by atoms with van der Waals surface area (Å²) in [6.45, 7) is 0.164. The van der Waals surface area contributed by atoms with Gasteiger partial charge in [-0.05, 0) is 36.6 Å². The van der Waals surface area contributed by atoms with Gasteiger partial charge in [0, 0.05) is 13.0 Å². The summed E-state index contributed by atoms with van der Waals surface area (Å²) in [5.41, 5.74) is 0.661. The Morgan fingerprint density at radius 3 is 2.56 bits per heavy atom. The number of hydrogen-bond acceptors (Lipinski definition) is 4. The van der Waals surface area contributed by atoms with Crippen LogP contribution in [0.2, 0.25) is 0 Å². The average molecular weight is 250 g/mol. The maximum absolute atomic E-state index is 11.5. The van der Waals surface area contributed by atoms with Crippen molar-refractivity contribution in [2.75, 3.05) is 6.61 Å². The SMILES string of the molecule is O=C(C=Cc1ccc(O)c(O)c1)CCCCCO. The third-order valence-corrected chi connectivity index (χ3v) is 2.54. The van der Waals surface area contributed by atoms with Gasteiger partial charge in [0.1, 0.15) is 0 Å². The van der Waals surface area contributed by atoms with E-state index >= 15 is 0 Å². The number of allylic oxidation sites excluding steroid dienone is 1. The fourth-order valence-electron chi connectivity index (χ4n) is 1.50. The number of rotatable bonds is 7. The molecular formula is C14H18O4. The van der Waals surface area contributed by atoms with Gasteiger partial charge in [0.15, 0.2) is 17.3 Å². The lowest BCUT2D eigenvalue weighted by Gasteiger charge is -1.99. The third-order valence-electron chi connectivity index (χ3n) is 2.54. The Balaban J connectivity index is 2.43. The van der Waals surface area contributed by atoms with Crippen LogP contribution in [-0.2, 0) is 4.79 Å². The minimum absolute atomic E-state index is 0.0144. The summed E-state index contributed by atoms with van der Waals surface area (Å²) in [6.07, 6.45) is 5.86. The lowest BCUT2D eigenvalue weighted by Crippen LogP contribution is -1.93. The normalized spacial score (nSPS) is 10.9. The van der Waals surface area contributed by atoms with E-state index in [1.165, 1.54) is 18.2 Å². The molecule has 0 saturated heterocycles. The van der Waals surface area contributed by atoms with Crippen molar-refractivity contribution in [1.29, 1.82) is 0 Å². The van der Waals surface area contributed by atoms with Crippen LogP contribution in [0.3, 0.4) is 0 Å². The van der Waals surface area contributed by atoms with E-state index in [1.807, 2.05) is 0 Å². The quantitative estimate of drug-likeness (QED) is 0.394. The first-order valence-electron chi connectivity index (χ1n) is 5.97. The smallest absolute Gasteiger partial charge is 0.157 e. The van der Waals surface area contributed by atoms with E-state index in [9.17, 15) is 9.90 Å². The molecule has 1 rings (SSSR count). The number of unbranched alkanes of at least 4 members (excludes halogenated alkanes) is 2. The van der Waals surface area contributed by atoms with E-state index in [2.05, 4.69) is 0 Å². The minimum Gasteiger partial charge on any atom is -0.504 e. The number of aliphatic hydroxyl groups excluding tert-OH is 1. The zero-order valence-electron chi connectivity index (χ0n) is 10.2. The molecule has 0 aromatic heterocycles. The van der Waals surface area contributed by atoms with Crippen molar-refractivity contribution in [2.45, 2.75) is 25.7 Å². The highest BCUT2D eigenvalue weighted by Crippen LogP contribution is 2.25. The summed E-state index contributed by atoms with van der Waals surface area (Å²) in [5.74, 6) is -0.365. The number of phenols is 2. The second-order valence-electron chi connectivity index (χ2n) is 4.08. The van der Waals surface area contributed by atoms with Gasteiger partial charge in [-0.3, -0.25) is 4.79 Å². The first-order chi connectivity index (χ1) is 8.63. The highest BCUT2D eigenvalue weighted by molar-refractivity contribution is 5.93. The molecule has 0 aliphatic rings. The maximum Gasteiger partial charge on any atom is 0.157 e. The Morgan fingerprint density at radius 2 is 1.89 bits per heavy atom. The predicted octanol–water partition coefficient (Wildman–Crippen LogP) is 2.23. The van der Waals surface area contributed by atoms with Crippen LogP contribution in [0, 0.1) is 0 Å². The molecular weight excluding hydrogens is 232 g/mol. The van der Waals surface area contributed by atoms with Crippen LogP contribution < -0.4 is 0 Å². The molecule has 3 N–H and O–H groups in total. The summed E-state index contributed by atoms with van der Waals surface area (Å²) in [7, 11) is 0. The number of carbonyl (C=O) groups excluding carboxylic acids is 1. The zero-order chi connectivity index (χ0) is 13.4. The fourth-order valence-corrected chi connectivity index (χ4v) is 1.50. The molecule has 98 valence electrons. The summed E-state index contributed by atoms with van der Waals surface area (Å²) < 4.78 is 0. The Bertz CT molecular complexity index is 424. The van der Waals surface area contributed by atoms with Crippen molar-refractivity contribution >= 4 is 11.9 Å². The molecule has 1 aromatic carbocycles. The molecule has 4 nitrogen and oxygen atoms in total. The first kappa shape index (κ1) is 14.3. The van der Waals surface area contributed by atoms with E-state index in [1.54, 1.807) is 12.1 Å². The molecule has 0 unspecified atom stereocenters. The van der Waals surface area contributed by atoms with Gasteiger partial charge in [-0.15, -0.1) is 0 Å². The van der Waals surface area contributed by atoms with Crippen molar-refractivity contribution in [3.63, 3.8) is 0 Å². The van der Waals surface area contributed by atoms with Gasteiger partial charge >= 0.3 is 0 Å². The van der Waals surface area contributed by atoms with E-state index < -0.39 is 0 Å². The topological polar surface area (TPSA) is 77.8 Å². The largest absolute Gasteiger partial charge is 0.504 e. The Labute approximate surface area is 106 Å². The molecule has 0 radical (unpaired) electrons. The number of hydrogen-bond donors (Lipinski definition) is 3.